The summed E-state index contributed by atoms with van der Waals surface area (Å²) in [6.07, 6.45) is -0.746. The summed E-state index contributed by atoms with van der Waals surface area (Å²) in [7, 11) is 2.98. The Hall–Kier alpha value is -2.32. The van der Waals surface area contributed by atoms with Gasteiger partial charge >= 0.3 is 18.0 Å². The fourth-order valence-electron chi connectivity index (χ4n) is 0.898. The normalized spacial score (nSPS) is 11.2. The molecule has 0 fully saturated rings. The van der Waals surface area contributed by atoms with Crippen molar-refractivity contribution in [2.75, 3.05) is 20.6 Å². The van der Waals surface area contributed by atoms with E-state index in [2.05, 4.69) is 5.32 Å². The van der Waals surface area contributed by atoms with Gasteiger partial charge in [0.25, 0.3) is 0 Å². The molecule has 18 heavy (non-hydrogen) atoms. The number of nitrogens with zero attached hydrogens (tertiary/aromatic N) is 1. The average Bonchev–Trinajstić information content (AvgIpc) is 2.23. The molecule has 0 aromatic carbocycles. The molecule has 0 saturated heterocycles. The zero-order valence-electron chi connectivity index (χ0n) is 9.97. The minimum absolute atomic E-state index is 0.307. The number of hydrogen-bond acceptors (Lipinski definition) is 4. The maximum atomic E-state index is 11.2. The van der Waals surface area contributed by atoms with Crippen LogP contribution in [-0.4, -0.2) is 65.7 Å². The van der Waals surface area contributed by atoms with Crippen molar-refractivity contribution >= 4 is 23.9 Å². The molecule has 3 amide bonds. The van der Waals surface area contributed by atoms with Crippen LogP contribution in [0.3, 0.4) is 0 Å². The number of likely N-dealkylation sites (N-methyl/N-ethyl adjacent to an activating group) is 1. The van der Waals surface area contributed by atoms with Gasteiger partial charge in [0.05, 0.1) is 13.0 Å². The number of carboxylic acid groups (broad SMARTS) is 2. The summed E-state index contributed by atoms with van der Waals surface area (Å²) >= 11 is 0. The molecular formula is C9H15N3O6. The lowest BCUT2D eigenvalue weighted by molar-refractivity contribution is -0.145. The van der Waals surface area contributed by atoms with Crippen LogP contribution in [0.1, 0.15) is 6.42 Å². The van der Waals surface area contributed by atoms with Crippen molar-refractivity contribution in [3.05, 3.63) is 0 Å². The maximum absolute atomic E-state index is 11.2. The molecule has 9 nitrogen and oxygen atoms in total. The molecule has 0 spiro atoms. The van der Waals surface area contributed by atoms with E-state index in [4.69, 9.17) is 10.2 Å². The van der Waals surface area contributed by atoms with Crippen molar-refractivity contribution in [2.24, 2.45) is 0 Å². The minimum atomic E-state index is -1.54. The van der Waals surface area contributed by atoms with Crippen molar-refractivity contribution in [3.63, 3.8) is 0 Å². The number of carboxylic acids is 2. The van der Waals surface area contributed by atoms with Crippen molar-refractivity contribution in [2.45, 2.75) is 12.5 Å². The summed E-state index contributed by atoms with van der Waals surface area (Å²) in [5.41, 5.74) is 0. The largest absolute Gasteiger partial charge is 0.481 e. The maximum Gasteiger partial charge on any atom is 0.326 e. The average molecular weight is 261 g/mol. The van der Waals surface area contributed by atoms with E-state index in [0.717, 1.165) is 0 Å². The Morgan fingerprint density at radius 3 is 2.11 bits per heavy atom. The lowest BCUT2D eigenvalue weighted by Gasteiger charge is -2.14. The molecule has 0 saturated carbocycles. The lowest BCUT2D eigenvalue weighted by atomic mass is 10.2. The van der Waals surface area contributed by atoms with E-state index < -0.39 is 30.4 Å². The number of hydrogen-bond donors (Lipinski definition) is 4. The third-order valence-electron chi connectivity index (χ3n) is 1.88. The summed E-state index contributed by atoms with van der Waals surface area (Å²) < 4.78 is 0. The van der Waals surface area contributed by atoms with E-state index in [1.165, 1.54) is 19.0 Å². The van der Waals surface area contributed by atoms with Crippen LogP contribution in [0.15, 0.2) is 0 Å². The molecule has 0 bridgehead atoms. The summed E-state index contributed by atoms with van der Waals surface area (Å²) in [4.78, 5) is 44.6. The van der Waals surface area contributed by atoms with Crippen molar-refractivity contribution in [1.82, 2.24) is 15.5 Å². The van der Waals surface area contributed by atoms with Gasteiger partial charge in [-0.3, -0.25) is 9.59 Å². The Morgan fingerprint density at radius 2 is 1.72 bits per heavy atom. The molecule has 1 atom stereocenters. The molecule has 0 unspecified atom stereocenters. The molecule has 0 aromatic rings. The van der Waals surface area contributed by atoms with Crippen LogP contribution in [0.2, 0.25) is 0 Å². The van der Waals surface area contributed by atoms with Crippen LogP contribution in [0.5, 0.6) is 0 Å². The second kappa shape index (κ2) is 7.09. The fourth-order valence-corrected chi connectivity index (χ4v) is 0.898. The van der Waals surface area contributed by atoms with E-state index in [0.29, 0.717) is 0 Å². The first-order chi connectivity index (χ1) is 8.23. The predicted octanol–water partition coefficient (Wildman–Crippen LogP) is -1.70. The zero-order valence-corrected chi connectivity index (χ0v) is 9.97. The molecule has 0 radical (unpaired) electrons. The SMILES string of the molecule is CN(C)C(=O)CNC(=O)N[C@H](CC(=O)O)C(=O)O. The van der Waals surface area contributed by atoms with E-state index >= 15 is 0 Å². The summed E-state index contributed by atoms with van der Waals surface area (Å²) in [6.45, 7) is -0.307. The smallest absolute Gasteiger partial charge is 0.326 e. The molecule has 0 heterocycles. The summed E-state index contributed by atoms with van der Waals surface area (Å²) in [5, 5.41) is 21.2. The first-order valence-corrected chi connectivity index (χ1v) is 4.93. The van der Waals surface area contributed by atoms with Gasteiger partial charge in [0.1, 0.15) is 6.04 Å². The molecule has 0 aliphatic rings. The van der Waals surface area contributed by atoms with Gasteiger partial charge < -0.3 is 25.7 Å². The van der Waals surface area contributed by atoms with Crippen molar-refractivity contribution in [3.8, 4) is 0 Å². The second-order valence-corrected chi connectivity index (χ2v) is 3.60. The van der Waals surface area contributed by atoms with Crippen LogP contribution in [-0.2, 0) is 14.4 Å². The van der Waals surface area contributed by atoms with Crippen molar-refractivity contribution < 1.29 is 29.4 Å². The predicted molar refractivity (Wildman–Crippen MR) is 58.9 cm³/mol. The van der Waals surface area contributed by atoms with Gasteiger partial charge in [-0.05, 0) is 0 Å². The number of rotatable bonds is 6. The Morgan fingerprint density at radius 1 is 1.17 bits per heavy atom. The molecular weight excluding hydrogens is 246 g/mol. The van der Waals surface area contributed by atoms with Crippen molar-refractivity contribution in [1.29, 1.82) is 0 Å². The molecule has 4 N–H and O–H groups in total. The highest BCUT2D eigenvalue weighted by Gasteiger charge is 2.23. The molecule has 9 heteroatoms. The quantitative estimate of drug-likeness (QED) is 0.450. The van der Waals surface area contributed by atoms with E-state index in [9.17, 15) is 19.2 Å². The van der Waals surface area contributed by atoms with E-state index in [1.807, 2.05) is 5.32 Å². The van der Waals surface area contributed by atoms with Crippen LogP contribution in [0.25, 0.3) is 0 Å². The monoisotopic (exact) mass is 261 g/mol. The molecule has 0 aliphatic heterocycles. The fraction of sp³-hybridized carbons (Fsp3) is 0.556. The minimum Gasteiger partial charge on any atom is -0.481 e. The number of aliphatic carboxylic acids is 2. The standard InChI is InChI=1S/C9H15N3O6/c1-12(2)6(13)4-10-9(18)11-5(8(16)17)3-7(14)15/h5H,3-4H2,1-2H3,(H,14,15)(H,16,17)(H2,10,11,18)/t5-/m1/s1. The molecule has 102 valence electrons. The van der Waals surface area contributed by atoms with Gasteiger partial charge in [-0.25, -0.2) is 9.59 Å². The Kier molecular flexibility index (Phi) is 6.18. The van der Waals surface area contributed by atoms with Gasteiger partial charge in [0, 0.05) is 14.1 Å². The number of amides is 3. The molecule has 0 rings (SSSR count). The summed E-state index contributed by atoms with van der Waals surface area (Å²) in [6, 6.07) is -2.46. The van der Waals surface area contributed by atoms with Crippen LogP contribution in [0, 0.1) is 0 Å². The number of carbonyl (C=O) groups is 4. The number of urea groups is 1. The highest BCUT2D eigenvalue weighted by molar-refractivity contribution is 5.88. The molecule has 0 aliphatic carbocycles. The summed E-state index contributed by atoms with van der Waals surface area (Å²) in [5.74, 6) is -3.20. The zero-order chi connectivity index (χ0) is 14.3. The van der Waals surface area contributed by atoms with Crippen LogP contribution >= 0.6 is 0 Å². The Labute approximate surface area is 103 Å². The van der Waals surface area contributed by atoms with Gasteiger partial charge in [0.2, 0.25) is 5.91 Å². The van der Waals surface area contributed by atoms with Gasteiger partial charge in [-0.15, -0.1) is 0 Å². The van der Waals surface area contributed by atoms with Crippen LogP contribution < -0.4 is 10.6 Å². The Bertz CT molecular complexity index is 354. The first-order valence-electron chi connectivity index (χ1n) is 4.93. The van der Waals surface area contributed by atoms with E-state index in [-0.39, 0.29) is 12.5 Å². The van der Waals surface area contributed by atoms with Crippen LogP contribution in [0.4, 0.5) is 4.79 Å². The number of nitrogens with one attached hydrogen (secondary N) is 2. The van der Waals surface area contributed by atoms with Gasteiger partial charge in [-0.1, -0.05) is 0 Å². The third-order valence-corrected chi connectivity index (χ3v) is 1.88. The third kappa shape index (κ3) is 6.30. The Balaban J connectivity index is 4.22. The molecule has 0 aromatic heterocycles. The lowest BCUT2D eigenvalue weighted by Crippen LogP contribution is -2.49. The highest BCUT2D eigenvalue weighted by Crippen LogP contribution is 1.92. The highest BCUT2D eigenvalue weighted by atomic mass is 16.4. The van der Waals surface area contributed by atoms with Gasteiger partial charge in [-0.2, -0.15) is 0 Å². The topological polar surface area (TPSA) is 136 Å². The van der Waals surface area contributed by atoms with Gasteiger partial charge in [0.15, 0.2) is 0 Å². The second-order valence-electron chi connectivity index (χ2n) is 3.60. The number of carbonyl (C=O) groups excluding carboxylic acids is 2. The van der Waals surface area contributed by atoms with E-state index in [1.54, 1.807) is 0 Å². The first kappa shape index (κ1) is 15.7.